The number of carbonyl (C=O) groups excluding carboxylic acids is 1. The Balaban J connectivity index is 1.55. The number of ether oxygens (including phenoxy) is 1. The van der Waals surface area contributed by atoms with Gasteiger partial charge >= 0.3 is 0 Å². The Bertz CT molecular complexity index is 1370. The van der Waals surface area contributed by atoms with Gasteiger partial charge < -0.3 is 15.4 Å². The number of hydrogen-bond acceptors (Lipinski definition) is 5. The van der Waals surface area contributed by atoms with Crippen LogP contribution in [0, 0.1) is 12.7 Å². The first-order chi connectivity index (χ1) is 18.1. The molecule has 0 aromatic heterocycles. The predicted molar refractivity (Wildman–Crippen MR) is 148 cm³/mol. The number of aryl methyl sites for hydroxylation is 1. The molecule has 1 fully saturated rings. The van der Waals surface area contributed by atoms with Gasteiger partial charge in [0.2, 0.25) is 5.91 Å². The number of morpholine rings is 1. The van der Waals surface area contributed by atoms with Crippen LogP contribution in [-0.4, -0.2) is 45.9 Å². The summed E-state index contributed by atoms with van der Waals surface area (Å²) in [5.74, 6) is -1.38. The maximum atomic E-state index is 14.9. The zero-order valence-corrected chi connectivity index (χ0v) is 22.7. The number of amides is 1. The van der Waals surface area contributed by atoms with Crippen molar-refractivity contribution in [3.8, 4) is 0 Å². The van der Waals surface area contributed by atoms with E-state index in [9.17, 15) is 17.6 Å². The van der Waals surface area contributed by atoms with Crippen LogP contribution in [0.5, 0.6) is 0 Å². The number of anilines is 1. The fraction of sp³-hybridized carbons (Fsp3) is 0.310. The topological polar surface area (TPSA) is 84.5 Å². The Morgan fingerprint density at radius 1 is 1.16 bits per heavy atom. The van der Waals surface area contributed by atoms with Crippen molar-refractivity contribution in [3.05, 3.63) is 101 Å². The SMILES string of the molecule is [CH2][C@H]1CO[C@H](CCc2cccc(F)c2NC(=O)C[C@@H](c2ccc(Cl)cc2)c2cccc(S(C)(=O)=O)c2)CN1. The summed E-state index contributed by atoms with van der Waals surface area (Å²) in [5.41, 5.74) is 2.27. The number of hydrogen-bond donors (Lipinski definition) is 2. The summed E-state index contributed by atoms with van der Waals surface area (Å²) in [7, 11) is -3.44. The molecule has 6 nitrogen and oxygen atoms in total. The van der Waals surface area contributed by atoms with Crippen LogP contribution in [-0.2, 0) is 25.8 Å². The average molecular weight is 558 g/mol. The van der Waals surface area contributed by atoms with Crippen molar-refractivity contribution in [2.75, 3.05) is 24.7 Å². The average Bonchev–Trinajstić information content (AvgIpc) is 2.89. The van der Waals surface area contributed by atoms with Crippen molar-refractivity contribution in [1.82, 2.24) is 5.32 Å². The Morgan fingerprint density at radius 2 is 1.89 bits per heavy atom. The van der Waals surface area contributed by atoms with E-state index in [-0.39, 0.29) is 29.1 Å². The zero-order chi connectivity index (χ0) is 27.3. The van der Waals surface area contributed by atoms with Crippen molar-refractivity contribution in [2.24, 2.45) is 0 Å². The van der Waals surface area contributed by atoms with Gasteiger partial charge in [-0.15, -0.1) is 0 Å². The molecule has 2 N–H and O–H groups in total. The van der Waals surface area contributed by atoms with Gasteiger partial charge in [-0.05, 0) is 66.8 Å². The summed E-state index contributed by atoms with van der Waals surface area (Å²) in [6, 6.07) is 18.4. The van der Waals surface area contributed by atoms with Gasteiger partial charge in [-0.3, -0.25) is 4.79 Å². The summed E-state index contributed by atoms with van der Waals surface area (Å²) < 4.78 is 45.0. The minimum absolute atomic E-state index is 0.0174. The van der Waals surface area contributed by atoms with E-state index in [2.05, 4.69) is 17.6 Å². The van der Waals surface area contributed by atoms with Crippen LogP contribution in [0.2, 0.25) is 5.02 Å². The fourth-order valence-electron chi connectivity index (χ4n) is 4.55. The minimum Gasteiger partial charge on any atom is -0.375 e. The number of nitrogens with one attached hydrogen (secondary N) is 2. The molecule has 1 aliphatic heterocycles. The highest BCUT2D eigenvalue weighted by molar-refractivity contribution is 7.90. The summed E-state index contributed by atoms with van der Waals surface area (Å²) in [4.78, 5) is 13.5. The number of rotatable bonds is 9. The van der Waals surface area contributed by atoms with E-state index in [4.69, 9.17) is 16.3 Å². The van der Waals surface area contributed by atoms with E-state index in [1.165, 1.54) is 12.1 Å². The lowest BCUT2D eigenvalue weighted by Gasteiger charge is -2.28. The van der Waals surface area contributed by atoms with Crippen LogP contribution in [0.15, 0.2) is 71.6 Å². The van der Waals surface area contributed by atoms with Gasteiger partial charge in [0.05, 0.1) is 23.3 Å². The third-order valence-electron chi connectivity index (χ3n) is 6.62. The van der Waals surface area contributed by atoms with Crippen LogP contribution in [0.3, 0.4) is 0 Å². The molecule has 38 heavy (non-hydrogen) atoms. The van der Waals surface area contributed by atoms with Gasteiger partial charge in [-0.25, -0.2) is 12.8 Å². The lowest BCUT2D eigenvalue weighted by molar-refractivity contribution is -0.116. The van der Waals surface area contributed by atoms with Gasteiger partial charge in [0.15, 0.2) is 9.84 Å². The van der Waals surface area contributed by atoms with Crippen LogP contribution >= 0.6 is 11.6 Å². The molecule has 0 bridgehead atoms. The standard InChI is InChI=1S/C29H31ClFN2O4S/c1-19-18-37-24(17-32-19)14-11-21-5-4-8-27(31)29(21)33-28(34)16-26(20-9-12-23(30)13-10-20)22-6-3-7-25(15-22)38(2,35)36/h3-10,12-13,15,19,24,26,32H,1,11,14,16-18H2,2H3,(H,33,34)/t19-,24+,26-/m0/s1. The molecule has 201 valence electrons. The first kappa shape index (κ1) is 28.2. The van der Waals surface area contributed by atoms with Crippen molar-refractivity contribution in [3.63, 3.8) is 0 Å². The molecule has 1 heterocycles. The second-order valence-electron chi connectivity index (χ2n) is 9.57. The van der Waals surface area contributed by atoms with E-state index < -0.39 is 27.5 Å². The highest BCUT2D eigenvalue weighted by atomic mass is 35.5. The van der Waals surface area contributed by atoms with E-state index in [1.807, 2.05) is 0 Å². The van der Waals surface area contributed by atoms with Gasteiger partial charge in [0.25, 0.3) is 0 Å². The van der Waals surface area contributed by atoms with Crippen LogP contribution < -0.4 is 10.6 Å². The molecular formula is C29H31ClFN2O4S. The summed E-state index contributed by atoms with van der Waals surface area (Å²) in [6.07, 6.45) is 2.29. The van der Waals surface area contributed by atoms with Crippen molar-refractivity contribution >= 4 is 33.0 Å². The lowest BCUT2D eigenvalue weighted by atomic mass is 9.88. The van der Waals surface area contributed by atoms with Crippen molar-refractivity contribution < 1.29 is 22.3 Å². The van der Waals surface area contributed by atoms with Gasteiger partial charge in [0, 0.05) is 36.2 Å². The molecule has 1 aliphatic rings. The molecule has 0 saturated carbocycles. The number of halogens is 2. The Kier molecular flexibility index (Phi) is 9.20. The first-order valence-corrected chi connectivity index (χ1v) is 14.7. The smallest absolute Gasteiger partial charge is 0.225 e. The highest BCUT2D eigenvalue weighted by Crippen LogP contribution is 2.32. The molecule has 0 unspecified atom stereocenters. The van der Waals surface area contributed by atoms with Crippen LogP contribution in [0.4, 0.5) is 10.1 Å². The summed E-state index contributed by atoms with van der Waals surface area (Å²) in [6.45, 7) is 5.11. The van der Waals surface area contributed by atoms with Crippen LogP contribution in [0.25, 0.3) is 0 Å². The Morgan fingerprint density at radius 3 is 2.58 bits per heavy atom. The molecule has 3 aromatic rings. The maximum absolute atomic E-state index is 14.9. The quantitative estimate of drug-likeness (QED) is 0.379. The van der Waals surface area contributed by atoms with E-state index in [0.717, 1.165) is 11.8 Å². The molecule has 1 saturated heterocycles. The minimum atomic E-state index is -3.44. The van der Waals surface area contributed by atoms with Crippen molar-refractivity contribution in [1.29, 1.82) is 0 Å². The normalized spacial score (nSPS) is 18.6. The summed E-state index contributed by atoms with van der Waals surface area (Å²) >= 11 is 6.07. The number of benzene rings is 3. The Hall–Kier alpha value is -2.78. The first-order valence-electron chi connectivity index (χ1n) is 12.4. The predicted octanol–water partition coefficient (Wildman–Crippen LogP) is 5.17. The monoisotopic (exact) mass is 557 g/mol. The van der Waals surface area contributed by atoms with Gasteiger partial charge in [-0.2, -0.15) is 0 Å². The van der Waals surface area contributed by atoms with E-state index >= 15 is 0 Å². The van der Waals surface area contributed by atoms with Gasteiger partial charge in [0.1, 0.15) is 5.82 Å². The molecule has 9 heteroatoms. The Labute approximate surface area is 228 Å². The van der Waals surface area contributed by atoms with Crippen molar-refractivity contribution in [2.45, 2.75) is 42.2 Å². The third-order valence-corrected chi connectivity index (χ3v) is 7.98. The number of para-hydroxylation sites is 1. The molecule has 3 atom stereocenters. The molecule has 1 radical (unpaired) electrons. The zero-order valence-electron chi connectivity index (χ0n) is 21.1. The second kappa shape index (κ2) is 12.4. The molecule has 3 aromatic carbocycles. The summed E-state index contributed by atoms with van der Waals surface area (Å²) in [5, 5.41) is 6.59. The number of sulfone groups is 1. The van der Waals surface area contributed by atoms with E-state index in [1.54, 1.807) is 54.6 Å². The van der Waals surface area contributed by atoms with Gasteiger partial charge in [-0.1, -0.05) is 48.0 Å². The lowest BCUT2D eigenvalue weighted by Crippen LogP contribution is -2.44. The van der Waals surface area contributed by atoms with E-state index in [0.29, 0.717) is 42.1 Å². The molecular weight excluding hydrogens is 527 g/mol. The number of carbonyl (C=O) groups is 1. The fourth-order valence-corrected chi connectivity index (χ4v) is 5.35. The molecule has 4 rings (SSSR count). The highest BCUT2D eigenvalue weighted by Gasteiger charge is 2.23. The molecule has 1 amide bonds. The molecule has 0 spiro atoms. The largest absolute Gasteiger partial charge is 0.375 e. The second-order valence-corrected chi connectivity index (χ2v) is 12.0. The maximum Gasteiger partial charge on any atom is 0.225 e. The third kappa shape index (κ3) is 7.41. The molecule has 0 aliphatic carbocycles. The van der Waals surface area contributed by atoms with Crippen LogP contribution in [0.1, 0.15) is 35.4 Å².